The Morgan fingerprint density at radius 2 is 1.95 bits per heavy atom. The highest BCUT2D eigenvalue weighted by Gasteiger charge is 2.08. The molecule has 1 heterocycles. The largest absolute Gasteiger partial charge is 0.467 e. The second-order valence-corrected chi connectivity index (χ2v) is 3.70. The number of hydrazine groups is 1. The summed E-state index contributed by atoms with van der Waals surface area (Å²) in [4.78, 5) is 11.8. The summed E-state index contributed by atoms with van der Waals surface area (Å²) in [6.07, 6.45) is 0. The quantitative estimate of drug-likeness (QED) is 0.566. The number of aryl methyl sites for hydroxylation is 1. The fourth-order valence-corrected chi connectivity index (χ4v) is 1.42. The number of methoxy groups -OCH3 is 1. The topological polar surface area (TPSA) is 98.0 Å². The summed E-state index contributed by atoms with van der Waals surface area (Å²) in [5.74, 6) is 5.23. The molecule has 4 N–H and O–H groups in total. The zero-order valence-corrected chi connectivity index (χ0v) is 10.4. The van der Waals surface area contributed by atoms with E-state index in [9.17, 15) is 4.39 Å². The van der Waals surface area contributed by atoms with Gasteiger partial charge in [0.15, 0.2) is 0 Å². The molecule has 1 aromatic carbocycles. The van der Waals surface area contributed by atoms with Gasteiger partial charge in [0.25, 0.3) is 0 Å². The van der Waals surface area contributed by atoms with Crippen LogP contribution in [0.2, 0.25) is 0 Å². The Balaban J connectivity index is 2.34. The minimum absolute atomic E-state index is 0.0968. The average Bonchev–Trinajstić information content (AvgIpc) is 2.42. The Bertz CT molecular complexity index is 569. The first-order valence-corrected chi connectivity index (χ1v) is 5.42. The molecular weight excluding hydrogens is 251 g/mol. The number of hydrogen-bond donors (Lipinski definition) is 3. The van der Waals surface area contributed by atoms with E-state index in [2.05, 4.69) is 25.7 Å². The second kappa shape index (κ2) is 5.44. The first-order valence-electron chi connectivity index (χ1n) is 5.42. The molecule has 0 unspecified atom stereocenters. The van der Waals surface area contributed by atoms with Crippen LogP contribution in [0.25, 0.3) is 0 Å². The molecule has 0 saturated carbocycles. The molecule has 7 nitrogen and oxygen atoms in total. The number of nitrogen functional groups attached to an aromatic ring is 1. The summed E-state index contributed by atoms with van der Waals surface area (Å²) < 4.78 is 18.1. The highest BCUT2D eigenvalue weighted by Crippen LogP contribution is 2.20. The van der Waals surface area contributed by atoms with E-state index in [-0.39, 0.29) is 23.7 Å². The van der Waals surface area contributed by atoms with Crippen LogP contribution in [0.4, 0.5) is 22.0 Å². The van der Waals surface area contributed by atoms with Gasteiger partial charge in [-0.25, -0.2) is 10.2 Å². The number of nitrogens with two attached hydrogens (primary N) is 1. The molecule has 0 fully saturated rings. The first kappa shape index (κ1) is 13.0. The lowest BCUT2D eigenvalue weighted by Gasteiger charge is -2.09. The van der Waals surface area contributed by atoms with Gasteiger partial charge in [-0.2, -0.15) is 15.0 Å². The molecule has 0 aliphatic rings. The van der Waals surface area contributed by atoms with Crippen molar-refractivity contribution in [3.8, 4) is 6.01 Å². The van der Waals surface area contributed by atoms with Gasteiger partial charge in [-0.1, -0.05) is 6.07 Å². The van der Waals surface area contributed by atoms with Crippen molar-refractivity contribution in [3.63, 3.8) is 0 Å². The molecule has 0 bridgehead atoms. The number of rotatable bonds is 4. The number of anilines is 3. The maximum absolute atomic E-state index is 13.2. The highest BCUT2D eigenvalue weighted by atomic mass is 19.1. The van der Waals surface area contributed by atoms with Gasteiger partial charge >= 0.3 is 6.01 Å². The first-order chi connectivity index (χ1) is 9.12. The van der Waals surface area contributed by atoms with Gasteiger partial charge in [-0.3, -0.25) is 5.43 Å². The van der Waals surface area contributed by atoms with Crippen LogP contribution in [0.3, 0.4) is 0 Å². The van der Waals surface area contributed by atoms with Crippen molar-refractivity contribution < 1.29 is 9.13 Å². The van der Waals surface area contributed by atoms with Crippen LogP contribution in [0.1, 0.15) is 5.56 Å². The SMILES string of the molecule is COc1nc(NN)nc(Nc2cc(F)ccc2C)n1. The summed E-state index contributed by atoms with van der Waals surface area (Å²) in [6, 6.07) is 4.47. The monoisotopic (exact) mass is 264 g/mol. The Morgan fingerprint density at radius 1 is 1.21 bits per heavy atom. The third kappa shape index (κ3) is 3.05. The van der Waals surface area contributed by atoms with Gasteiger partial charge in [0.2, 0.25) is 11.9 Å². The van der Waals surface area contributed by atoms with Crippen LogP contribution >= 0.6 is 0 Å². The van der Waals surface area contributed by atoms with Gasteiger partial charge in [0.1, 0.15) is 5.82 Å². The summed E-state index contributed by atoms with van der Waals surface area (Å²) in [5, 5.41) is 2.88. The molecule has 0 aliphatic heterocycles. The van der Waals surface area contributed by atoms with Crippen molar-refractivity contribution in [3.05, 3.63) is 29.6 Å². The lowest BCUT2D eigenvalue weighted by atomic mass is 10.2. The van der Waals surface area contributed by atoms with E-state index in [1.54, 1.807) is 6.07 Å². The van der Waals surface area contributed by atoms with Crippen LogP contribution in [0.15, 0.2) is 18.2 Å². The number of benzene rings is 1. The van der Waals surface area contributed by atoms with Crippen LogP contribution in [-0.4, -0.2) is 22.1 Å². The average molecular weight is 264 g/mol. The van der Waals surface area contributed by atoms with Crippen LogP contribution in [0, 0.1) is 12.7 Å². The minimum atomic E-state index is -0.355. The van der Waals surface area contributed by atoms with Crippen LogP contribution < -0.4 is 21.3 Å². The molecule has 0 atom stereocenters. The van der Waals surface area contributed by atoms with E-state index in [0.29, 0.717) is 5.69 Å². The van der Waals surface area contributed by atoms with Gasteiger partial charge in [0.05, 0.1) is 7.11 Å². The van der Waals surface area contributed by atoms with E-state index in [1.165, 1.54) is 19.2 Å². The molecule has 0 aliphatic carbocycles. The standard InChI is InChI=1S/C11H13FN6O/c1-6-3-4-7(12)5-8(6)14-9-15-10(18-13)17-11(16-9)19-2/h3-5H,13H2,1-2H3,(H2,14,15,16,17,18). The minimum Gasteiger partial charge on any atom is -0.467 e. The van der Waals surface area contributed by atoms with Crippen molar-refractivity contribution in [2.75, 3.05) is 17.9 Å². The van der Waals surface area contributed by atoms with Gasteiger partial charge < -0.3 is 10.1 Å². The number of aromatic nitrogens is 3. The molecule has 0 amide bonds. The Hall–Kier alpha value is -2.48. The lowest BCUT2D eigenvalue weighted by Crippen LogP contribution is -2.13. The molecule has 0 radical (unpaired) electrons. The van der Waals surface area contributed by atoms with Crippen LogP contribution in [0.5, 0.6) is 6.01 Å². The predicted octanol–water partition coefficient (Wildman–Crippen LogP) is 1.36. The summed E-state index contributed by atoms with van der Waals surface area (Å²) in [5.41, 5.74) is 3.70. The van der Waals surface area contributed by atoms with Crippen molar-refractivity contribution in [2.45, 2.75) is 6.92 Å². The normalized spacial score (nSPS) is 10.1. The second-order valence-electron chi connectivity index (χ2n) is 3.70. The lowest BCUT2D eigenvalue weighted by molar-refractivity contribution is 0.379. The van der Waals surface area contributed by atoms with Crippen molar-refractivity contribution in [1.82, 2.24) is 15.0 Å². The molecular formula is C11H13FN6O. The highest BCUT2D eigenvalue weighted by molar-refractivity contribution is 5.58. The number of nitrogens with zero attached hydrogens (tertiary/aromatic N) is 3. The molecule has 0 spiro atoms. The maximum atomic E-state index is 13.2. The fourth-order valence-electron chi connectivity index (χ4n) is 1.42. The summed E-state index contributed by atoms with van der Waals surface area (Å²) in [7, 11) is 1.42. The Morgan fingerprint density at radius 3 is 2.63 bits per heavy atom. The summed E-state index contributed by atoms with van der Waals surface area (Å²) in [6.45, 7) is 1.84. The number of hydrogen-bond acceptors (Lipinski definition) is 7. The van der Waals surface area contributed by atoms with E-state index >= 15 is 0 Å². The van der Waals surface area contributed by atoms with E-state index in [1.807, 2.05) is 6.92 Å². The Labute approximate surface area is 109 Å². The van der Waals surface area contributed by atoms with Gasteiger partial charge in [-0.15, -0.1) is 0 Å². The van der Waals surface area contributed by atoms with Crippen LogP contribution in [-0.2, 0) is 0 Å². The smallest absolute Gasteiger partial charge is 0.322 e. The van der Waals surface area contributed by atoms with Gasteiger partial charge in [-0.05, 0) is 24.6 Å². The van der Waals surface area contributed by atoms with E-state index in [0.717, 1.165) is 5.56 Å². The number of ether oxygens (including phenoxy) is 1. The molecule has 100 valence electrons. The van der Waals surface area contributed by atoms with E-state index < -0.39 is 0 Å². The molecule has 2 aromatic rings. The third-order valence-electron chi connectivity index (χ3n) is 2.37. The van der Waals surface area contributed by atoms with Gasteiger partial charge in [0, 0.05) is 5.69 Å². The zero-order chi connectivity index (χ0) is 13.8. The Kier molecular flexibility index (Phi) is 3.71. The van der Waals surface area contributed by atoms with Crippen molar-refractivity contribution in [1.29, 1.82) is 0 Å². The molecule has 1 aromatic heterocycles. The molecule has 2 rings (SSSR count). The predicted molar refractivity (Wildman–Crippen MR) is 68.6 cm³/mol. The molecule has 19 heavy (non-hydrogen) atoms. The zero-order valence-electron chi connectivity index (χ0n) is 10.4. The summed E-state index contributed by atoms with van der Waals surface area (Å²) >= 11 is 0. The molecule has 0 saturated heterocycles. The number of halogens is 1. The third-order valence-corrected chi connectivity index (χ3v) is 2.37. The molecule has 8 heteroatoms. The van der Waals surface area contributed by atoms with E-state index in [4.69, 9.17) is 10.6 Å². The van der Waals surface area contributed by atoms with Crippen molar-refractivity contribution >= 4 is 17.6 Å². The maximum Gasteiger partial charge on any atom is 0.322 e. The van der Waals surface area contributed by atoms with Crippen molar-refractivity contribution in [2.24, 2.45) is 5.84 Å². The fraction of sp³-hybridized carbons (Fsp3) is 0.182. The number of nitrogens with one attached hydrogen (secondary N) is 2.